The standard InChI is InChI=1S/C16H22N4O/c17-16(19-11-12-4-3-5-12)18-8-9-20-14-7-2-1-6-13(14)10-15(20)21/h1-2,6-7,12H,3-5,8-11H2,(H3,17,18,19). The highest BCUT2D eigenvalue weighted by atomic mass is 16.2. The van der Waals surface area contributed by atoms with E-state index in [2.05, 4.69) is 10.3 Å². The largest absolute Gasteiger partial charge is 0.370 e. The van der Waals surface area contributed by atoms with Gasteiger partial charge in [0, 0.05) is 25.3 Å². The van der Waals surface area contributed by atoms with Crippen molar-refractivity contribution in [1.29, 1.82) is 0 Å². The van der Waals surface area contributed by atoms with Gasteiger partial charge in [0.1, 0.15) is 0 Å². The number of guanidine groups is 1. The number of hydrogen-bond donors (Lipinski definition) is 2. The van der Waals surface area contributed by atoms with E-state index in [1.54, 1.807) is 0 Å². The third-order valence-electron chi connectivity index (χ3n) is 4.31. The van der Waals surface area contributed by atoms with Gasteiger partial charge in [-0.15, -0.1) is 0 Å². The number of para-hydroxylation sites is 1. The summed E-state index contributed by atoms with van der Waals surface area (Å²) >= 11 is 0. The summed E-state index contributed by atoms with van der Waals surface area (Å²) in [5, 5.41) is 3.10. The maximum atomic E-state index is 12.0. The molecule has 21 heavy (non-hydrogen) atoms. The second-order valence-electron chi connectivity index (χ2n) is 5.80. The number of nitrogens with zero attached hydrogens (tertiary/aromatic N) is 2. The molecule has 0 aromatic heterocycles. The van der Waals surface area contributed by atoms with Crippen molar-refractivity contribution in [2.75, 3.05) is 24.5 Å². The molecule has 0 bridgehead atoms. The Balaban J connectivity index is 1.48. The van der Waals surface area contributed by atoms with Gasteiger partial charge in [0.2, 0.25) is 5.91 Å². The lowest BCUT2D eigenvalue weighted by atomic mass is 9.86. The average Bonchev–Trinajstić information content (AvgIpc) is 2.73. The van der Waals surface area contributed by atoms with Crippen LogP contribution in [0.5, 0.6) is 0 Å². The Hall–Kier alpha value is -2.04. The van der Waals surface area contributed by atoms with Gasteiger partial charge in [-0.05, 0) is 30.4 Å². The van der Waals surface area contributed by atoms with E-state index in [1.165, 1.54) is 19.3 Å². The molecule has 3 N–H and O–H groups in total. The molecule has 5 heteroatoms. The number of carbonyl (C=O) groups excluding carboxylic acids is 1. The molecule has 1 aliphatic carbocycles. The first kappa shape index (κ1) is 13.9. The van der Waals surface area contributed by atoms with Gasteiger partial charge in [-0.3, -0.25) is 9.79 Å². The summed E-state index contributed by atoms with van der Waals surface area (Å²) in [5.41, 5.74) is 7.98. The van der Waals surface area contributed by atoms with Crippen molar-refractivity contribution in [2.24, 2.45) is 16.6 Å². The van der Waals surface area contributed by atoms with Gasteiger partial charge < -0.3 is 16.0 Å². The molecule has 0 saturated heterocycles. The third-order valence-corrected chi connectivity index (χ3v) is 4.31. The lowest BCUT2D eigenvalue weighted by molar-refractivity contribution is -0.117. The SMILES string of the molecule is NC(=NCC1CCC1)NCCN1C(=O)Cc2ccccc21. The Bertz CT molecular complexity index is 551. The average molecular weight is 286 g/mol. The molecule has 2 aliphatic rings. The summed E-state index contributed by atoms with van der Waals surface area (Å²) < 4.78 is 0. The van der Waals surface area contributed by atoms with Crippen molar-refractivity contribution in [3.63, 3.8) is 0 Å². The second kappa shape index (κ2) is 6.16. The van der Waals surface area contributed by atoms with Crippen LogP contribution in [0.3, 0.4) is 0 Å². The summed E-state index contributed by atoms with van der Waals surface area (Å²) in [5.74, 6) is 1.36. The van der Waals surface area contributed by atoms with Crippen molar-refractivity contribution in [3.05, 3.63) is 29.8 Å². The van der Waals surface area contributed by atoms with E-state index >= 15 is 0 Å². The van der Waals surface area contributed by atoms with Crippen LogP contribution in [0, 0.1) is 5.92 Å². The Morgan fingerprint density at radius 3 is 2.95 bits per heavy atom. The van der Waals surface area contributed by atoms with E-state index in [1.807, 2.05) is 29.2 Å². The van der Waals surface area contributed by atoms with Gasteiger partial charge in [0.15, 0.2) is 5.96 Å². The minimum Gasteiger partial charge on any atom is -0.370 e. The van der Waals surface area contributed by atoms with Crippen LogP contribution in [0.2, 0.25) is 0 Å². The molecule has 1 amide bonds. The molecular formula is C16H22N4O. The predicted molar refractivity (Wildman–Crippen MR) is 84.3 cm³/mol. The normalized spacial score (nSPS) is 18.6. The highest BCUT2D eigenvalue weighted by molar-refractivity contribution is 6.01. The predicted octanol–water partition coefficient (Wildman–Crippen LogP) is 1.28. The van der Waals surface area contributed by atoms with Crippen LogP contribution in [-0.4, -0.2) is 31.5 Å². The van der Waals surface area contributed by atoms with Crippen molar-refractivity contribution in [2.45, 2.75) is 25.7 Å². The fourth-order valence-electron chi connectivity index (χ4n) is 2.82. The Morgan fingerprint density at radius 1 is 1.38 bits per heavy atom. The maximum Gasteiger partial charge on any atom is 0.231 e. The minimum atomic E-state index is 0.156. The number of nitrogens with one attached hydrogen (secondary N) is 1. The van der Waals surface area contributed by atoms with Gasteiger partial charge in [0.25, 0.3) is 0 Å². The molecule has 1 heterocycles. The quantitative estimate of drug-likeness (QED) is 0.633. The van der Waals surface area contributed by atoms with E-state index in [-0.39, 0.29) is 5.91 Å². The van der Waals surface area contributed by atoms with Crippen molar-refractivity contribution in [1.82, 2.24) is 5.32 Å². The third kappa shape index (κ3) is 3.17. The molecular weight excluding hydrogens is 264 g/mol. The van der Waals surface area contributed by atoms with E-state index in [0.717, 1.165) is 23.7 Å². The molecule has 1 saturated carbocycles. The topological polar surface area (TPSA) is 70.7 Å². The summed E-state index contributed by atoms with van der Waals surface area (Å²) in [6.45, 7) is 2.07. The van der Waals surface area contributed by atoms with Crippen LogP contribution in [-0.2, 0) is 11.2 Å². The number of anilines is 1. The zero-order chi connectivity index (χ0) is 14.7. The van der Waals surface area contributed by atoms with Crippen molar-refractivity contribution < 1.29 is 4.79 Å². The minimum absolute atomic E-state index is 0.156. The molecule has 0 spiro atoms. The molecule has 1 aromatic carbocycles. The van der Waals surface area contributed by atoms with Gasteiger partial charge in [-0.2, -0.15) is 0 Å². The van der Waals surface area contributed by atoms with Crippen LogP contribution < -0.4 is 16.0 Å². The molecule has 1 aromatic rings. The second-order valence-corrected chi connectivity index (χ2v) is 5.80. The zero-order valence-corrected chi connectivity index (χ0v) is 12.2. The summed E-state index contributed by atoms with van der Waals surface area (Å²) in [4.78, 5) is 18.2. The smallest absolute Gasteiger partial charge is 0.231 e. The number of fused-ring (bicyclic) bond motifs is 1. The molecule has 1 aliphatic heterocycles. The summed E-state index contributed by atoms with van der Waals surface area (Å²) in [6.07, 6.45) is 4.37. The number of carbonyl (C=O) groups is 1. The lowest BCUT2D eigenvalue weighted by Gasteiger charge is -2.23. The fraction of sp³-hybridized carbons (Fsp3) is 0.500. The highest BCUT2D eigenvalue weighted by Gasteiger charge is 2.26. The first-order chi connectivity index (χ1) is 10.2. The van der Waals surface area contributed by atoms with Crippen LogP contribution >= 0.6 is 0 Å². The molecule has 3 rings (SSSR count). The maximum absolute atomic E-state index is 12.0. The first-order valence-corrected chi connectivity index (χ1v) is 7.66. The number of benzene rings is 1. The molecule has 0 atom stereocenters. The summed E-state index contributed by atoms with van der Waals surface area (Å²) in [7, 11) is 0. The van der Waals surface area contributed by atoms with Gasteiger partial charge in [-0.1, -0.05) is 24.6 Å². The van der Waals surface area contributed by atoms with Crippen LogP contribution in [0.15, 0.2) is 29.3 Å². The fourth-order valence-corrected chi connectivity index (χ4v) is 2.82. The van der Waals surface area contributed by atoms with Crippen LogP contribution in [0.1, 0.15) is 24.8 Å². The first-order valence-electron chi connectivity index (χ1n) is 7.66. The molecule has 5 nitrogen and oxygen atoms in total. The van der Waals surface area contributed by atoms with Gasteiger partial charge >= 0.3 is 0 Å². The number of rotatable bonds is 5. The number of aliphatic imine (C=N–C) groups is 1. The zero-order valence-electron chi connectivity index (χ0n) is 12.2. The van der Waals surface area contributed by atoms with E-state index in [4.69, 9.17) is 5.73 Å². The van der Waals surface area contributed by atoms with Crippen molar-refractivity contribution in [3.8, 4) is 0 Å². The summed E-state index contributed by atoms with van der Waals surface area (Å²) in [6, 6.07) is 7.94. The number of hydrogen-bond acceptors (Lipinski definition) is 2. The van der Waals surface area contributed by atoms with Gasteiger partial charge in [0.05, 0.1) is 6.42 Å². The molecule has 112 valence electrons. The lowest BCUT2D eigenvalue weighted by Crippen LogP contribution is -2.40. The van der Waals surface area contributed by atoms with E-state index < -0.39 is 0 Å². The molecule has 1 fully saturated rings. The number of amides is 1. The van der Waals surface area contributed by atoms with Crippen LogP contribution in [0.25, 0.3) is 0 Å². The van der Waals surface area contributed by atoms with Crippen molar-refractivity contribution >= 4 is 17.6 Å². The molecule has 0 unspecified atom stereocenters. The van der Waals surface area contributed by atoms with Crippen LogP contribution in [0.4, 0.5) is 5.69 Å². The molecule has 0 radical (unpaired) electrons. The Morgan fingerprint density at radius 2 is 2.19 bits per heavy atom. The Labute approximate surface area is 125 Å². The monoisotopic (exact) mass is 286 g/mol. The number of nitrogens with two attached hydrogens (primary N) is 1. The highest BCUT2D eigenvalue weighted by Crippen LogP contribution is 2.28. The van der Waals surface area contributed by atoms with Gasteiger partial charge in [-0.25, -0.2) is 0 Å². The van der Waals surface area contributed by atoms with E-state index in [9.17, 15) is 4.79 Å². The Kier molecular flexibility index (Phi) is 4.08. The van der Waals surface area contributed by atoms with E-state index in [0.29, 0.717) is 25.5 Å².